The first-order chi connectivity index (χ1) is 17.3. The van der Waals surface area contributed by atoms with E-state index in [-0.39, 0.29) is 24.4 Å². The fourth-order valence-electron chi connectivity index (χ4n) is 3.73. The Labute approximate surface area is 213 Å². The van der Waals surface area contributed by atoms with Gasteiger partial charge in [0.2, 0.25) is 5.88 Å². The molecular weight excluding hydrogens is 482 g/mol. The zero-order valence-corrected chi connectivity index (χ0v) is 21.1. The van der Waals surface area contributed by atoms with Crippen molar-refractivity contribution >= 4 is 34.1 Å². The first kappa shape index (κ1) is 25.3. The standard InChI is InChI=1S/C27H26ClN3O5/c1-16-9-23-25(14-26(16)34-8-4-5-17(2)32)29-15-30-27(23)35-22-7-6-19(24(28)13-22)11-21(33)12-20-10-18(3)36-31-20/h6-7,9-10,13-15H,4-5,8,11-12H2,1-3H3. The van der Waals surface area contributed by atoms with Crippen LogP contribution < -0.4 is 9.47 Å². The van der Waals surface area contributed by atoms with Crippen molar-refractivity contribution in [1.29, 1.82) is 0 Å². The molecule has 0 atom stereocenters. The number of Topliss-reactive ketones (excluding diaryl/α,β-unsaturated/α-hetero) is 2. The van der Waals surface area contributed by atoms with E-state index >= 15 is 0 Å². The van der Waals surface area contributed by atoms with Crippen molar-refractivity contribution in [2.75, 3.05) is 6.61 Å². The number of halogens is 1. The van der Waals surface area contributed by atoms with Gasteiger partial charge in [0.25, 0.3) is 0 Å². The average Bonchev–Trinajstić information content (AvgIpc) is 3.23. The second-order valence-corrected chi connectivity index (χ2v) is 9.05. The van der Waals surface area contributed by atoms with Gasteiger partial charge in [-0.1, -0.05) is 22.8 Å². The van der Waals surface area contributed by atoms with Crippen molar-refractivity contribution in [3.05, 3.63) is 70.3 Å². The Balaban J connectivity index is 1.45. The quantitative estimate of drug-likeness (QED) is 0.235. The number of carbonyl (C=O) groups excluding carboxylic acids is 2. The van der Waals surface area contributed by atoms with E-state index in [1.807, 2.05) is 19.1 Å². The zero-order valence-electron chi connectivity index (χ0n) is 20.3. The summed E-state index contributed by atoms with van der Waals surface area (Å²) in [4.78, 5) is 32.2. The predicted molar refractivity (Wildman–Crippen MR) is 135 cm³/mol. The number of ether oxygens (including phenoxy) is 2. The minimum atomic E-state index is -0.0181. The summed E-state index contributed by atoms with van der Waals surface area (Å²) in [6.07, 6.45) is 2.93. The Morgan fingerprint density at radius 3 is 2.61 bits per heavy atom. The van der Waals surface area contributed by atoms with Gasteiger partial charge in [0, 0.05) is 30.0 Å². The van der Waals surface area contributed by atoms with Gasteiger partial charge in [-0.2, -0.15) is 0 Å². The van der Waals surface area contributed by atoms with Crippen molar-refractivity contribution in [2.24, 2.45) is 0 Å². The van der Waals surface area contributed by atoms with Gasteiger partial charge in [0.05, 0.1) is 29.6 Å². The molecule has 4 rings (SSSR count). The van der Waals surface area contributed by atoms with E-state index < -0.39 is 0 Å². The Bertz CT molecular complexity index is 1420. The first-order valence-corrected chi connectivity index (χ1v) is 11.9. The van der Waals surface area contributed by atoms with Gasteiger partial charge in [0.15, 0.2) is 0 Å². The number of hydrogen-bond donors (Lipinski definition) is 0. The van der Waals surface area contributed by atoms with Crippen molar-refractivity contribution in [3.8, 4) is 17.4 Å². The largest absolute Gasteiger partial charge is 0.493 e. The van der Waals surface area contributed by atoms with E-state index in [0.29, 0.717) is 64.4 Å². The van der Waals surface area contributed by atoms with Crippen LogP contribution in [-0.4, -0.2) is 33.3 Å². The lowest BCUT2D eigenvalue weighted by molar-refractivity contribution is -0.118. The van der Waals surface area contributed by atoms with Gasteiger partial charge in [-0.05, 0) is 56.5 Å². The van der Waals surface area contributed by atoms with E-state index in [1.54, 1.807) is 38.1 Å². The smallest absolute Gasteiger partial charge is 0.230 e. The average molecular weight is 508 g/mol. The highest BCUT2D eigenvalue weighted by Crippen LogP contribution is 2.33. The van der Waals surface area contributed by atoms with Crippen LogP contribution in [0.1, 0.15) is 42.3 Å². The summed E-state index contributed by atoms with van der Waals surface area (Å²) in [7, 11) is 0. The van der Waals surface area contributed by atoms with E-state index in [2.05, 4.69) is 15.1 Å². The van der Waals surface area contributed by atoms with Crippen LogP contribution in [0.5, 0.6) is 17.4 Å². The third-order valence-electron chi connectivity index (χ3n) is 5.51. The Morgan fingerprint density at radius 1 is 1.06 bits per heavy atom. The molecule has 0 bridgehead atoms. The lowest BCUT2D eigenvalue weighted by atomic mass is 10.1. The fraction of sp³-hybridized carbons (Fsp3) is 0.296. The zero-order chi connectivity index (χ0) is 25.7. The van der Waals surface area contributed by atoms with Gasteiger partial charge in [0.1, 0.15) is 35.2 Å². The Hall–Kier alpha value is -3.78. The maximum atomic E-state index is 12.4. The molecule has 8 nitrogen and oxygen atoms in total. The molecular formula is C27H26ClN3O5. The number of fused-ring (bicyclic) bond motifs is 1. The molecule has 2 aromatic heterocycles. The van der Waals surface area contributed by atoms with Crippen LogP contribution >= 0.6 is 11.6 Å². The SMILES string of the molecule is CC(=O)CCCOc1cc2ncnc(Oc3ccc(CC(=O)Cc4cc(C)on4)c(Cl)c3)c2cc1C. The number of hydrogen-bond acceptors (Lipinski definition) is 8. The third kappa shape index (κ3) is 6.46. The number of aromatic nitrogens is 3. The van der Waals surface area contributed by atoms with Gasteiger partial charge in [-0.15, -0.1) is 0 Å². The monoisotopic (exact) mass is 507 g/mol. The van der Waals surface area contributed by atoms with Gasteiger partial charge in [-0.25, -0.2) is 9.97 Å². The van der Waals surface area contributed by atoms with Gasteiger partial charge >= 0.3 is 0 Å². The third-order valence-corrected chi connectivity index (χ3v) is 5.86. The highest BCUT2D eigenvalue weighted by atomic mass is 35.5. The molecule has 36 heavy (non-hydrogen) atoms. The molecule has 2 aromatic carbocycles. The number of rotatable bonds is 11. The van der Waals surface area contributed by atoms with Crippen molar-refractivity contribution < 1.29 is 23.6 Å². The molecule has 0 unspecified atom stereocenters. The van der Waals surface area contributed by atoms with Crippen molar-refractivity contribution in [3.63, 3.8) is 0 Å². The van der Waals surface area contributed by atoms with E-state index in [1.165, 1.54) is 6.33 Å². The summed E-state index contributed by atoms with van der Waals surface area (Å²) in [6.45, 7) is 5.73. The van der Waals surface area contributed by atoms with Crippen LogP contribution in [0.2, 0.25) is 5.02 Å². The van der Waals surface area contributed by atoms with Crippen molar-refractivity contribution in [2.45, 2.75) is 46.5 Å². The van der Waals surface area contributed by atoms with Crippen LogP contribution in [0.25, 0.3) is 10.9 Å². The topological polar surface area (TPSA) is 104 Å². The number of benzene rings is 2. The number of ketones is 2. The first-order valence-electron chi connectivity index (χ1n) is 11.6. The van der Waals surface area contributed by atoms with Crippen LogP contribution in [0.15, 0.2) is 47.2 Å². The maximum absolute atomic E-state index is 12.4. The van der Waals surface area contributed by atoms with Crippen LogP contribution in [0, 0.1) is 13.8 Å². The molecule has 0 aliphatic rings. The summed E-state index contributed by atoms with van der Waals surface area (Å²) < 4.78 is 16.9. The molecule has 0 N–H and O–H groups in total. The van der Waals surface area contributed by atoms with Gasteiger partial charge in [-0.3, -0.25) is 4.79 Å². The van der Waals surface area contributed by atoms with E-state index in [0.717, 1.165) is 10.9 Å². The number of aryl methyl sites for hydroxylation is 2. The normalized spacial score (nSPS) is 11.0. The molecule has 0 fully saturated rings. The molecule has 0 radical (unpaired) electrons. The van der Waals surface area contributed by atoms with Gasteiger partial charge < -0.3 is 18.8 Å². The molecule has 9 heteroatoms. The highest BCUT2D eigenvalue weighted by molar-refractivity contribution is 6.31. The molecule has 0 amide bonds. The number of carbonyl (C=O) groups is 2. The maximum Gasteiger partial charge on any atom is 0.230 e. The minimum Gasteiger partial charge on any atom is -0.493 e. The molecule has 0 spiro atoms. The second kappa shape index (κ2) is 11.3. The minimum absolute atomic E-state index is 0.0181. The van der Waals surface area contributed by atoms with Crippen LogP contribution in [0.3, 0.4) is 0 Å². The lowest BCUT2D eigenvalue weighted by Gasteiger charge is -2.13. The Kier molecular flexibility index (Phi) is 7.95. The van der Waals surface area contributed by atoms with Crippen LogP contribution in [0.4, 0.5) is 0 Å². The predicted octanol–water partition coefficient (Wildman–Crippen LogP) is 5.78. The van der Waals surface area contributed by atoms with E-state index in [9.17, 15) is 9.59 Å². The summed E-state index contributed by atoms with van der Waals surface area (Å²) in [5.74, 6) is 2.37. The second-order valence-electron chi connectivity index (χ2n) is 8.64. The molecule has 0 saturated carbocycles. The molecule has 2 heterocycles. The molecule has 186 valence electrons. The lowest BCUT2D eigenvalue weighted by Crippen LogP contribution is -2.07. The summed E-state index contributed by atoms with van der Waals surface area (Å²) in [6, 6.07) is 10.7. The molecule has 0 aliphatic heterocycles. The molecule has 4 aromatic rings. The highest BCUT2D eigenvalue weighted by Gasteiger charge is 2.14. The van der Waals surface area contributed by atoms with Crippen molar-refractivity contribution in [1.82, 2.24) is 15.1 Å². The van der Waals surface area contributed by atoms with E-state index in [4.69, 9.17) is 25.6 Å². The van der Waals surface area contributed by atoms with Crippen LogP contribution in [-0.2, 0) is 22.4 Å². The molecule has 0 saturated heterocycles. The summed E-state index contributed by atoms with van der Waals surface area (Å²) in [5.41, 5.74) is 2.87. The molecule has 0 aliphatic carbocycles. The summed E-state index contributed by atoms with van der Waals surface area (Å²) in [5, 5.41) is 5.01. The fourth-order valence-corrected chi connectivity index (χ4v) is 3.97. The number of nitrogens with zero attached hydrogens (tertiary/aromatic N) is 3. The summed E-state index contributed by atoms with van der Waals surface area (Å²) >= 11 is 6.45. The Morgan fingerprint density at radius 2 is 1.89 bits per heavy atom.